The predicted octanol–water partition coefficient (Wildman–Crippen LogP) is 1.84. The molecule has 1 aromatic carbocycles. The molecule has 0 amide bonds. The van der Waals surface area contributed by atoms with Gasteiger partial charge in [0.15, 0.2) is 0 Å². The Morgan fingerprint density at radius 1 is 1.38 bits per heavy atom. The Kier molecular flexibility index (Phi) is 3.27. The van der Waals surface area contributed by atoms with Gasteiger partial charge in [-0.25, -0.2) is 0 Å². The number of nitrogens with two attached hydrogens (primary N) is 1. The molecule has 0 bridgehead atoms. The summed E-state index contributed by atoms with van der Waals surface area (Å²) in [6, 6.07) is 8.58. The van der Waals surface area contributed by atoms with Crippen LogP contribution < -0.4 is 11.1 Å². The van der Waals surface area contributed by atoms with Gasteiger partial charge in [-0.15, -0.1) is 0 Å². The predicted molar refractivity (Wildman–Crippen MR) is 68.3 cm³/mol. The fourth-order valence-electron chi connectivity index (χ4n) is 2.31. The molecule has 1 aromatic heterocycles. The van der Waals surface area contributed by atoms with Gasteiger partial charge < -0.3 is 15.6 Å². The average Bonchev–Trinajstić information content (AvgIpc) is 2.66. The lowest BCUT2D eigenvalue weighted by molar-refractivity contribution is 0.690. The lowest BCUT2D eigenvalue weighted by Gasteiger charge is -2.09. The smallest absolute Gasteiger partial charge is 0.0528 e. The Hall–Kier alpha value is -1.32. The summed E-state index contributed by atoms with van der Waals surface area (Å²) in [5, 5.41) is 4.49. The SMILES string of the molecule is CCn1c(CNC)cc2cccc(CN)c21. The van der Waals surface area contributed by atoms with E-state index in [9.17, 15) is 0 Å². The molecule has 16 heavy (non-hydrogen) atoms. The lowest BCUT2D eigenvalue weighted by atomic mass is 10.1. The zero-order chi connectivity index (χ0) is 11.5. The fraction of sp³-hybridized carbons (Fsp3) is 0.385. The number of hydrogen-bond acceptors (Lipinski definition) is 2. The minimum Gasteiger partial charge on any atom is -0.343 e. The molecule has 0 atom stereocenters. The number of para-hydroxylation sites is 1. The van der Waals surface area contributed by atoms with E-state index >= 15 is 0 Å². The van der Waals surface area contributed by atoms with Gasteiger partial charge in [0.25, 0.3) is 0 Å². The molecule has 0 aliphatic rings. The quantitative estimate of drug-likeness (QED) is 0.820. The van der Waals surface area contributed by atoms with E-state index < -0.39 is 0 Å². The van der Waals surface area contributed by atoms with Crippen molar-refractivity contribution in [3.63, 3.8) is 0 Å². The van der Waals surface area contributed by atoms with E-state index in [4.69, 9.17) is 5.73 Å². The first-order chi connectivity index (χ1) is 7.81. The lowest BCUT2D eigenvalue weighted by Crippen LogP contribution is -2.11. The van der Waals surface area contributed by atoms with Crippen molar-refractivity contribution in [3.8, 4) is 0 Å². The molecule has 3 heteroatoms. The molecule has 2 aromatic rings. The number of fused-ring (bicyclic) bond motifs is 1. The Morgan fingerprint density at radius 3 is 2.81 bits per heavy atom. The Bertz CT molecular complexity index is 485. The maximum absolute atomic E-state index is 5.79. The van der Waals surface area contributed by atoms with Crippen molar-refractivity contribution in [2.24, 2.45) is 5.73 Å². The van der Waals surface area contributed by atoms with Crippen LogP contribution in [0.25, 0.3) is 10.9 Å². The van der Waals surface area contributed by atoms with Crippen LogP contribution in [0.3, 0.4) is 0 Å². The minimum atomic E-state index is 0.598. The van der Waals surface area contributed by atoms with E-state index in [1.807, 2.05) is 7.05 Å². The van der Waals surface area contributed by atoms with E-state index in [2.05, 4.69) is 41.1 Å². The van der Waals surface area contributed by atoms with Gasteiger partial charge in [0.05, 0.1) is 5.52 Å². The van der Waals surface area contributed by atoms with Gasteiger partial charge in [-0.1, -0.05) is 18.2 Å². The molecule has 0 aliphatic carbocycles. The monoisotopic (exact) mass is 217 g/mol. The standard InChI is InChI=1S/C13H19N3/c1-3-16-12(9-15-2)7-10-5-4-6-11(8-14)13(10)16/h4-7,15H,3,8-9,14H2,1-2H3. The number of nitrogens with zero attached hydrogens (tertiary/aromatic N) is 1. The second-order valence-corrected chi connectivity index (χ2v) is 3.97. The first-order valence-electron chi connectivity index (χ1n) is 5.76. The highest BCUT2D eigenvalue weighted by Gasteiger charge is 2.09. The van der Waals surface area contributed by atoms with Gasteiger partial charge in [-0.3, -0.25) is 0 Å². The number of hydrogen-bond donors (Lipinski definition) is 2. The molecule has 0 spiro atoms. The second-order valence-electron chi connectivity index (χ2n) is 3.97. The van der Waals surface area contributed by atoms with Gasteiger partial charge in [0.2, 0.25) is 0 Å². The summed E-state index contributed by atoms with van der Waals surface area (Å²) in [5.41, 5.74) is 9.63. The molecule has 1 heterocycles. The molecule has 3 N–H and O–H groups in total. The van der Waals surface area contributed by atoms with Crippen LogP contribution in [-0.4, -0.2) is 11.6 Å². The van der Waals surface area contributed by atoms with Crippen molar-refractivity contribution in [1.82, 2.24) is 9.88 Å². The van der Waals surface area contributed by atoms with Crippen LogP contribution in [0.1, 0.15) is 18.2 Å². The van der Waals surface area contributed by atoms with Crippen LogP contribution in [0.4, 0.5) is 0 Å². The van der Waals surface area contributed by atoms with Crippen molar-refractivity contribution >= 4 is 10.9 Å². The molecule has 0 fully saturated rings. The highest BCUT2D eigenvalue weighted by atomic mass is 15.0. The Balaban J connectivity index is 2.67. The maximum Gasteiger partial charge on any atom is 0.0528 e. The van der Waals surface area contributed by atoms with Gasteiger partial charge in [0.1, 0.15) is 0 Å². The van der Waals surface area contributed by atoms with Crippen molar-refractivity contribution in [2.75, 3.05) is 7.05 Å². The maximum atomic E-state index is 5.79. The summed E-state index contributed by atoms with van der Waals surface area (Å²) in [4.78, 5) is 0. The van der Waals surface area contributed by atoms with E-state index in [1.54, 1.807) is 0 Å². The first kappa shape index (κ1) is 11.2. The van der Waals surface area contributed by atoms with E-state index in [0.29, 0.717) is 6.54 Å². The molecular formula is C13H19N3. The summed E-state index contributed by atoms with van der Waals surface area (Å²) in [6.07, 6.45) is 0. The van der Waals surface area contributed by atoms with Crippen LogP contribution in [0, 0.1) is 0 Å². The zero-order valence-electron chi connectivity index (χ0n) is 9.96. The van der Waals surface area contributed by atoms with E-state index in [0.717, 1.165) is 13.1 Å². The highest BCUT2D eigenvalue weighted by molar-refractivity contribution is 5.84. The Morgan fingerprint density at radius 2 is 2.19 bits per heavy atom. The van der Waals surface area contributed by atoms with Gasteiger partial charge >= 0.3 is 0 Å². The molecule has 0 unspecified atom stereocenters. The number of aromatic nitrogens is 1. The van der Waals surface area contributed by atoms with E-state index in [-0.39, 0.29) is 0 Å². The van der Waals surface area contributed by atoms with Crippen LogP contribution in [0.15, 0.2) is 24.3 Å². The fourth-order valence-corrected chi connectivity index (χ4v) is 2.31. The van der Waals surface area contributed by atoms with Crippen molar-refractivity contribution in [1.29, 1.82) is 0 Å². The first-order valence-corrected chi connectivity index (χ1v) is 5.76. The normalized spacial score (nSPS) is 11.2. The molecule has 0 saturated heterocycles. The molecule has 0 radical (unpaired) electrons. The summed E-state index contributed by atoms with van der Waals surface area (Å²) in [7, 11) is 1.97. The number of benzene rings is 1. The third kappa shape index (κ3) is 1.72. The Labute approximate surface area is 96.2 Å². The summed E-state index contributed by atoms with van der Waals surface area (Å²) < 4.78 is 2.34. The van der Waals surface area contributed by atoms with Crippen molar-refractivity contribution in [2.45, 2.75) is 26.6 Å². The molecule has 0 saturated carbocycles. The second kappa shape index (κ2) is 4.68. The van der Waals surface area contributed by atoms with Gasteiger partial charge in [-0.2, -0.15) is 0 Å². The van der Waals surface area contributed by atoms with E-state index in [1.165, 1.54) is 22.2 Å². The van der Waals surface area contributed by atoms with Crippen LogP contribution >= 0.6 is 0 Å². The van der Waals surface area contributed by atoms with Gasteiger partial charge in [0, 0.05) is 30.7 Å². The molecule has 2 rings (SSSR count). The third-order valence-corrected chi connectivity index (χ3v) is 2.98. The summed E-state index contributed by atoms with van der Waals surface area (Å²) in [5.74, 6) is 0. The third-order valence-electron chi connectivity index (χ3n) is 2.98. The summed E-state index contributed by atoms with van der Waals surface area (Å²) >= 11 is 0. The molecular weight excluding hydrogens is 198 g/mol. The molecule has 0 aliphatic heterocycles. The minimum absolute atomic E-state index is 0.598. The number of nitrogens with one attached hydrogen (secondary N) is 1. The molecule has 86 valence electrons. The number of aryl methyl sites for hydroxylation is 1. The van der Waals surface area contributed by atoms with Crippen LogP contribution in [0.5, 0.6) is 0 Å². The van der Waals surface area contributed by atoms with Gasteiger partial charge in [-0.05, 0) is 25.6 Å². The molecule has 3 nitrogen and oxygen atoms in total. The zero-order valence-corrected chi connectivity index (χ0v) is 9.96. The van der Waals surface area contributed by atoms with Crippen molar-refractivity contribution < 1.29 is 0 Å². The highest BCUT2D eigenvalue weighted by Crippen LogP contribution is 2.23. The largest absolute Gasteiger partial charge is 0.343 e. The average molecular weight is 217 g/mol. The number of rotatable bonds is 4. The topological polar surface area (TPSA) is 43.0 Å². The van der Waals surface area contributed by atoms with Crippen molar-refractivity contribution in [3.05, 3.63) is 35.5 Å². The van der Waals surface area contributed by atoms with Crippen LogP contribution in [0.2, 0.25) is 0 Å². The summed E-state index contributed by atoms with van der Waals surface area (Å²) in [6.45, 7) is 4.65. The van der Waals surface area contributed by atoms with Crippen LogP contribution in [-0.2, 0) is 19.6 Å².